The van der Waals surface area contributed by atoms with Crippen LogP contribution in [0.15, 0.2) is 109 Å². The average molecular weight is 434 g/mol. The Morgan fingerprint density at radius 3 is 1.23 bits per heavy atom. The smallest absolute Gasteiger partial charge is 0.415 e. The summed E-state index contributed by atoms with van der Waals surface area (Å²) in [4.78, 5) is 0. The lowest BCUT2D eigenvalue weighted by Crippen LogP contribution is -2.07. The summed E-state index contributed by atoms with van der Waals surface area (Å²) in [5.74, 6) is 0.820. The van der Waals surface area contributed by atoms with Crippen molar-refractivity contribution in [3.8, 4) is 17.2 Å². The minimum Gasteiger partial charge on any atom is -0.508 e. The quantitative estimate of drug-likeness (QED) is 0.358. The van der Waals surface area contributed by atoms with Gasteiger partial charge in [0, 0.05) is 6.54 Å². The largest absolute Gasteiger partial charge is 0.508 e. The summed E-state index contributed by atoms with van der Waals surface area (Å²) in [6.45, 7) is 0.482. The summed E-state index contributed by atoms with van der Waals surface area (Å²) in [7, 11) is -1.60. The summed E-state index contributed by atoms with van der Waals surface area (Å²) >= 11 is 0. The third kappa shape index (κ3) is 8.70. The minimum atomic E-state index is -1.60. The third-order valence-corrected chi connectivity index (χ3v) is 5.54. The fourth-order valence-electron chi connectivity index (χ4n) is 2.36. The molecule has 0 aliphatic carbocycles. The van der Waals surface area contributed by atoms with E-state index >= 15 is 0 Å². The Morgan fingerprint density at radius 2 is 0.903 bits per heavy atom. The molecule has 0 saturated carbocycles. The van der Waals surface area contributed by atoms with Crippen LogP contribution in [-0.4, -0.2) is 15.3 Å². The van der Waals surface area contributed by atoms with Crippen LogP contribution in [0, 0.1) is 0 Å². The van der Waals surface area contributed by atoms with E-state index in [1.165, 1.54) is 12.1 Å². The van der Waals surface area contributed by atoms with Crippen LogP contribution in [-0.2, 0) is 11.1 Å². The highest BCUT2D eigenvalue weighted by Crippen LogP contribution is 2.20. The lowest BCUT2D eigenvalue weighted by molar-refractivity contribution is 0.475. The van der Waals surface area contributed by atoms with Crippen molar-refractivity contribution in [2.45, 2.75) is 6.54 Å². The topological polar surface area (TPSA) is 104 Å². The number of benzene rings is 4. The monoisotopic (exact) mass is 434 g/mol. The van der Waals surface area contributed by atoms with Crippen molar-refractivity contribution in [2.24, 2.45) is 5.73 Å². The van der Waals surface area contributed by atoms with Gasteiger partial charge in [0.2, 0.25) is 0 Å². The normalized spacial score (nSPS) is 10.0. The summed E-state index contributed by atoms with van der Waals surface area (Å²) in [6.07, 6.45) is 0. The van der Waals surface area contributed by atoms with E-state index in [-0.39, 0.29) is 5.75 Å². The van der Waals surface area contributed by atoms with Crippen molar-refractivity contribution in [1.29, 1.82) is 0 Å². The van der Waals surface area contributed by atoms with Gasteiger partial charge in [-0.3, -0.25) is 0 Å². The second-order valence-corrected chi connectivity index (χ2v) is 7.97. The summed E-state index contributed by atoms with van der Waals surface area (Å²) in [5.41, 5.74) is 6.52. The van der Waals surface area contributed by atoms with Crippen LogP contribution in [0.5, 0.6) is 17.2 Å². The summed E-state index contributed by atoms with van der Waals surface area (Å²) < 4.78 is 12.2. The lowest BCUT2D eigenvalue weighted by Gasteiger charge is -1.94. The molecule has 4 rings (SSSR count). The molecule has 0 aliphatic rings. The predicted molar refractivity (Wildman–Crippen MR) is 126 cm³/mol. The van der Waals surface area contributed by atoms with Gasteiger partial charge in [-0.2, -0.15) is 0 Å². The highest BCUT2D eigenvalue weighted by atomic mass is 31.1. The molecule has 0 saturated heterocycles. The Hall–Kier alpha value is -3.66. The minimum absolute atomic E-state index is 0.177. The molecule has 5 nitrogen and oxygen atoms in total. The number of phenols is 3. The maximum Gasteiger partial charge on any atom is 0.415 e. The second-order valence-electron chi connectivity index (χ2n) is 6.35. The van der Waals surface area contributed by atoms with E-state index in [0.717, 1.165) is 10.9 Å². The van der Waals surface area contributed by atoms with Gasteiger partial charge in [0.15, 0.2) is 10.6 Å². The zero-order chi connectivity index (χ0) is 22.5. The van der Waals surface area contributed by atoms with E-state index in [1.807, 2.05) is 36.4 Å². The number of nitrogens with two attached hydrogens (primary N) is 1. The molecule has 0 aliphatic heterocycles. The van der Waals surface area contributed by atoms with Crippen LogP contribution in [0.25, 0.3) is 0 Å². The Bertz CT molecular complexity index is 1000. The third-order valence-electron chi connectivity index (χ3n) is 4.00. The SMILES string of the molecule is NCc1ccc([P+](=O)c2ccc(O)cc2)cc1.Oc1ccccc1.Oc1ccccc1. The van der Waals surface area contributed by atoms with Crippen molar-refractivity contribution >= 4 is 18.4 Å². The molecule has 6 heteroatoms. The Morgan fingerprint density at radius 1 is 0.548 bits per heavy atom. The molecule has 5 N–H and O–H groups in total. The molecular weight excluding hydrogens is 409 g/mol. The van der Waals surface area contributed by atoms with Gasteiger partial charge in [-0.05, 0) is 66.2 Å². The van der Waals surface area contributed by atoms with Gasteiger partial charge in [0.1, 0.15) is 17.2 Å². The molecule has 0 amide bonds. The first kappa shape index (κ1) is 23.6. The first-order chi connectivity index (χ1) is 15.0. The average Bonchev–Trinajstić information content (AvgIpc) is 2.81. The molecule has 1 atom stereocenters. The molecule has 0 spiro atoms. The Balaban J connectivity index is 0.000000199. The molecule has 1 unspecified atom stereocenters. The zero-order valence-electron chi connectivity index (χ0n) is 16.9. The van der Waals surface area contributed by atoms with Gasteiger partial charge in [-0.25, -0.2) is 0 Å². The fourth-order valence-corrected chi connectivity index (χ4v) is 3.50. The maximum absolute atomic E-state index is 12.2. The number of para-hydroxylation sites is 2. The number of rotatable bonds is 3. The molecule has 4 aromatic carbocycles. The first-order valence-electron chi connectivity index (χ1n) is 9.53. The highest BCUT2D eigenvalue weighted by Gasteiger charge is 2.22. The van der Waals surface area contributed by atoms with Crippen LogP contribution in [0.3, 0.4) is 0 Å². The molecule has 4 aromatic rings. The predicted octanol–water partition coefficient (Wildman–Crippen LogP) is 4.41. The molecule has 0 fully saturated rings. The number of phenolic OH excluding ortho intramolecular Hbond substituents is 3. The van der Waals surface area contributed by atoms with E-state index < -0.39 is 7.80 Å². The molecular formula is C25H25NO4P+. The highest BCUT2D eigenvalue weighted by molar-refractivity contribution is 7.61. The molecule has 0 aromatic heterocycles. The van der Waals surface area contributed by atoms with Crippen molar-refractivity contribution in [3.63, 3.8) is 0 Å². The van der Waals surface area contributed by atoms with Crippen molar-refractivity contribution in [1.82, 2.24) is 0 Å². The zero-order valence-corrected chi connectivity index (χ0v) is 17.8. The van der Waals surface area contributed by atoms with Crippen molar-refractivity contribution < 1.29 is 19.9 Å². The van der Waals surface area contributed by atoms with E-state index in [2.05, 4.69) is 0 Å². The summed E-state index contributed by atoms with van der Waals surface area (Å²) in [5, 5.41) is 27.9. The summed E-state index contributed by atoms with van der Waals surface area (Å²) in [6, 6.07) is 31.3. The van der Waals surface area contributed by atoms with Crippen molar-refractivity contribution in [3.05, 3.63) is 115 Å². The van der Waals surface area contributed by atoms with Gasteiger partial charge in [-0.15, -0.1) is 0 Å². The van der Waals surface area contributed by atoms with Gasteiger partial charge >= 0.3 is 7.80 Å². The number of hydrogen-bond acceptors (Lipinski definition) is 5. The van der Waals surface area contributed by atoms with Gasteiger partial charge in [-0.1, -0.05) is 53.1 Å². The van der Waals surface area contributed by atoms with Crippen LogP contribution in [0.2, 0.25) is 0 Å². The maximum atomic E-state index is 12.2. The molecule has 0 radical (unpaired) electrons. The van der Waals surface area contributed by atoms with Crippen LogP contribution < -0.4 is 16.3 Å². The standard InChI is InChI=1S/C13H12NO2P.2C6H6O/c14-9-10-1-5-12(6-2-10)17(16)13-7-3-11(15)4-8-13;2*7-6-4-2-1-3-5-6/h1-8H,9,14H2;2*1-5,7H/p+1. The van der Waals surface area contributed by atoms with Crippen LogP contribution in [0.1, 0.15) is 5.56 Å². The lowest BCUT2D eigenvalue weighted by atomic mass is 10.2. The second kappa shape index (κ2) is 12.8. The van der Waals surface area contributed by atoms with Crippen molar-refractivity contribution in [2.75, 3.05) is 0 Å². The molecule has 0 bridgehead atoms. The Labute approximate surface area is 182 Å². The van der Waals surface area contributed by atoms with E-state index in [1.54, 1.807) is 60.7 Å². The molecule has 31 heavy (non-hydrogen) atoms. The number of hydrogen-bond donors (Lipinski definition) is 4. The molecule has 158 valence electrons. The van der Waals surface area contributed by atoms with Gasteiger partial charge in [0.05, 0.1) is 0 Å². The fraction of sp³-hybridized carbons (Fsp3) is 0.0400. The van der Waals surface area contributed by atoms with Crippen LogP contribution >= 0.6 is 7.80 Å². The van der Waals surface area contributed by atoms with E-state index in [0.29, 0.717) is 23.3 Å². The number of aromatic hydroxyl groups is 3. The Kier molecular flexibility index (Phi) is 9.76. The van der Waals surface area contributed by atoms with E-state index in [9.17, 15) is 4.57 Å². The molecule has 0 heterocycles. The van der Waals surface area contributed by atoms with Crippen LogP contribution in [0.4, 0.5) is 0 Å². The first-order valence-corrected chi connectivity index (χ1v) is 10.8. The van der Waals surface area contributed by atoms with Gasteiger partial charge < -0.3 is 21.1 Å². The van der Waals surface area contributed by atoms with E-state index in [4.69, 9.17) is 21.1 Å². The van der Waals surface area contributed by atoms with Gasteiger partial charge in [0.25, 0.3) is 0 Å².